The fourth-order valence-electron chi connectivity index (χ4n) is 3.20. The molecule has 1 saturated heterocycles. The first-order valence-corrected chi connectivity index (χ1v) is 8.54. The SMILES string of the molecule is COc1cc(-c2cnc(-c3ccc(N4CCCC4)cc3)o2)cc(F)c1O. The van der Waals surface area contributed by atoms with E-state index in [-0.39, 0.29) is 5.75 Å². The minimum absolute atomic E-state index is 0.0490. The molecule has 4 rings (SSSR count). The Bertz CT molecular complexity index is 915. The number of aromatic hydroxyl groups is 1. The third-order valence-electron chi connectivity index (χ3n) is 4.62. The van der Waals surface area contributed by atoms with Crippen molar-refractivity contribution < 1.29 is 18.7 Å². The lowest BCUT2D eigenvalue weighted by molar-refractivity contribution is 0.357. The van der Waals surface area contributed by atoms with Gasteiger partial charge in [0.25, 0.3) is 0 Å². The van der Waals surface area contributed by atoms with Gasteiger partial charge in [-0.3, -0.25) is 0 Å². The van der Waals surface area contributed by atoms with Crippen LogP contribution in [0.1, 0.15) is 12.8 Å². The van der Waals surface area contributed by atoms with Gasteiger partial charge in [-0.15, -0.1) is 0 Å². The molecule has 1 aliphatic heterocycles. The van der Waals surface area contributed by atoms with E-state index < -0.39 is 11.6 Å². The highest BCUT2D eigenvalue weighted by atomic mass is 19.1. The van der Waals surface area contributed by atoms with Crippen LogP contribution in [0.25, 0.3) is 22.8 Å². The predicted octanol–water partition coefficient (Wildman–Crippen LogP) is 4.46. The Morgan fingerprint density at radius 1 is 1.12 bits per heavy atom. The van der Waals surface area contributed by atoms with E-state index in [9.17, 15) is 9.50 Å². The maximum absolute atomic E-state index is 13.8. The number of aromatic nitrogens is 1. The zero-order valence-corrected chi connectivity index (χ0v) is 14.4. The molecule has 26 heavy (non-hydrogen) atoms. The fourth-order valence-corrected chi connectivity index (χ4v) is 3.20. The van der Waals surface area contributed by atoms with E-state index in [1.54, 1.807) is 0 Å². The Balaban J connectivity index is 1.61. The van der Waals surface area contributed by atoms with Gasteiger partial charge < -0.3 is 19.2 Å². The van der Waals surface area contributed by atoms with E-state index in [2.05, 4.69) is 22.0 Å². The number of methoxy groups -OCH3 is 1. The Hall–Kier alpha value is -3.02. The molecule has 0 atom stereocenters. The summed E-state index contributed by atoms with van der Waals surface area (Å²) in [6.07, 6.45) is 4.00. The Kier molecular flexibility index (Phi) is 4.24. The van der Waals surface area contributed by atoms with Gasteiger partial charge in [0.05, 0.1) is 13.3 Å². The molecule has 1 aliphatic rings. The normalized spacial score (nSPS) is 14.0. The Labute approximate surface area is 150 Å². The number of oxazole rings is 1. The molecule has 2 aromatic carbocycles. The topological polar surface area (TPSA) is 58.7 Å². The highest BCUT2D eigenvalue weighted by Crippen LogP contribution is 2.35. The standard InChI is InChI=1S/C20H19FN2O3/c1-25-17-11-14(10-16(21)19(17)24)18-12-22-20(26-18)13-4-6-15(7-5-13)23-8-2-3-9-23/h4-7,10-12,24H,2-3,8-9H2,1H3. The predicted molar refractivity (Wildman–Crippen MR) is 97.0 cm³/mol. The lowest BCUT2D eigenvalue weighted by Gasteiger charge is -2.17. The van der Waals surface area contributed by atoms with E-state index in [0.717, 1.165) is 18.7 Å². The molecule has 134 valence electrons. The third-order valence-corrected chi connectivity index (χ3v) is 4.62. The smallest absolute Gasteiger partial charge is 0.226 e. The first kappa shape index (κ1) is 16.4. The molecular weight excluding hydrogens is 335 g/mol. The Morgan fingerprint density at radius 3 is 2.54 bits per heavy atom. The molecule has 1 N–H and O–H groups in total. The zero-order valence-electron chi connectivity index (χ0n) is 14.4. The molecule has 1 aromatic heterocycles. The zero-order chi connectivity index (χ0) is 18.1. The number of hydrogen-bond donors (Lipinski definition) is 1. The molecule has 0 saturated carbocycles. The highest BCUT2D eigenvalue weighted by molar-refractivity contribution is 5.66. The van der Waals surface area contributed by atoms with Crippen molar-refractivity contribution in [2.75, 3.05) is 25.1 Å². The minimum atomic E-state index is -0.771. The summed E-state index contributed by atoms with van der Waals surface area (Å²) < 4.78 is 24.6. The minimum Gasteiger partial charge on any atom is -0.502 e. The van der Waals surface area contributed by atoms with Gasteiger partial charge in [-0.25, -0.2) is 9.37 Å². The summed E-state index contributed by atoms with van der Waals surface area (Å²) in [6.45, 7) is 2.19. The second-order valence-corrected chi connectivity index (χ2v) is 6.28. The molecule has 6 heteroatoms. The van der Waals surface area contributed by atoms with Gasteiger partial charge in [0.1, 0.15) is 0 Å². The number of anilines is 1. The molecule has 0 radical (unpaired) electrons. The van der Waals surface area contributed by atoms with Crippen LogP contribution in [0.15, 0.2) is 47.0 Å². The number of nitrogens with zero attached hydrogens (tertiary/aromatic N) is 2. The van der Waals surface area contributed by atoms with Crippen molar-refractivity contribution in [2.24, 2.45) is 0 Å². The summed E-state index contributed by atoms with van der Waals surface area (Å²) in [4.78, 5) is 6.65. The summed E-state index contributed by atoms with van der Waals surface area (Å²) in [7, 11) is 1.37. The average molecular weight is 354 g/mol. The molecular formula is C20H19FN2O3. The van der Waals surface area contributed by atoms with Gasteiger partial charge in [0, 0.05) is 29.9 Å². The molecule has 1 fully saturated rings. The van der Waals surface area contributed by atoms with Gasteiger partial charge in [-0.2, -0.15) is 0 Å². The first-order chi connectivity index (χ1) is 12.7. The fraction of sp³-hybridized carbons (Fsp3) is 0.250. The summed E-state index contributed by atoms with van der Waals surface area (Å²) in [5.74, 6) is -0.380. The summed E-state index contributed by atoms with van der Waals surface area (Å²) >= 11 is 0. The number of hydrogen-bond acceptors (Lipinski definition) is 5. The van der Waals surface area contributed by atoms with Crippen molar-refractivity contribution in [3.63, 3.8) is 0 Å². The van der Waals surface area contributed by atoms with Gasteiger partial charge in [0.2, 0.25) is 5.89 Å². The van der Waals surface area contributed by atoms with Crippen molar-refractivity contribution in [3.05, 3.63) is 48.4 Å². The van der Waals surface area contributed by atoms with Crippen LogP contribution < -0.4 is 9.64 Å². The van der Waals surface area contributed by atoms with Crippen LogP contribution in [-0.2, 0) is 0 Å². The van der Waals surface area contributed by atoms with Crippen molar-refractivity contribution in [3.8, 4) is 34.3 Å². The molecule has 5 nitrogen and oxygen atoms in total. The van der Waals surface area contributed by atoms with E-state index in [1.165, 1.54) is 44.0 Å². The van der Waals surface area contributed by atoms with Crippen LogP contribution in [0, 0.1) is 5.82 Å². The number of rotatable bonds is 4. The number of phenolic OH excluding ortho intramolecular Hbond substituents is 1. The van der Waals surface area contributed by atoms with Crippen LogP contribution in [-0.4, -0.2) is 30.3 Å². The van der Waals surface area contributed by atoms with Crippen molar-refractivity contribution in [1.29, 1.82) is 0 Å². The molecule has 3 aromatic rings. The second-order valence-electron chi connectivity index (χ2n) is 6.28. The number of benzene rings is 2. The number of phenols is 1. The monoisotopic (exact) mass is 354 g/mol. The molecule has 0 unspecified atom stereocenters. The number of ether oxygens (including phenoxy) is 1. The molecule has 0 amide bonds. The highest BCUT2D eigenvalue weighted by Gasteiger charge is 2.16. The quantitative estimate of drug-likeness (QED) is 0.749. The molecule has 0 aliphatic carbocycles. The average Bonchev–Trinajstić information content (AvgIpc) is 3.36. The third kappa shape index (κ3) is 2.98. The lowest BCUT2D eigenvalue weighted by atomic mass is 10.1. The van der Waals surface area contributed by atoms with Crippen molar-refractivity contribution >= 4 is 5.69 Å². The number of halogens is 1. The van der Waals surface area contributed by atoms with E-state index in [0.29, 0.717) is 17.2 Å². The molecule has 0 bridgehead atoms. The van der Waals surface area contributed by atoms with Crippen LogP contribution in [0.4, 0.5) is 10.1 Å². The van der Waals surface area contributed by atoms with E-state index in [4.69, 9.17) is 9.15 Å². The summed E-state index contributed by atoms with van der Waals surface area (Å²) in [5, 5.41) is 9.62. The maximum atomic E-state index is 13.8. The maximum Gasteiger partial charge on any atom is 0.226 e. The Morgan fingerprint density at radius 2 is 1.85 bits per heavy atom. The van der Waals surface area contributed by atoms with Gasteiger partial charge in [-0.1, -0.05) is 0 Å². The molecule has 0 spiro atoms. The van der Waals surface area contributed by atoms with Gasteiger partial charge >= 0.3 is 0 Å². The van der Waals surface area contributed by atoms with E-state index in [1.807, 2.05) is 12.1 Å². The van der Waals surface area contributed by atoms with Gasteiger partial charge in [0.15, 0.2) is 23.1 Å². The van der Waals surface area contributed by atoms with Crippen LogP contribution >= 0.6 is 0 Å². The van der Waals surface area contributed by atoms with Crippen LogP contribution in [0.2, 0.25) is 0 Å². The van der Waals surface area contributed by atoms with Crippen molar-refractivity contribution in [2.45, 2.75) is 12.8 Å². The van der Waals surface area contributed by atoms with Crippen LogP contribution in [0.5, 0.6) is 11.5 Å². The van der Waals surface area contributed by atoms with E-state index >= 15 is 0 Å². The lowest BCUT2D eigenvalue weighted by Crippen LogP contribution is -2.17. The summed E-state index contributed by atoms with van der Waals surface area (Å²) in [6, 6.07) is 10.8. The van der Waals surface area contributed by atoms with Gasteiger partial charge in [-0.05, 0) is 49.2 Å². The largest absolute Gasteiger partial charge is 0.502 e. The summed E-state index contributed by atoms with van der Waals surface area (Å²) in [5.41, 5.74) is 2.50. The first-order valence-electron chi connectivity index (χ1n) is 8.54. The molecule has 2 heterocycles. The van der Waals surface area contributed by atoms with Crippen molar-refractivity contribution in [1.82, 2.24) is 4.98 Å². The van der Waals surface area contributed by atoms with Crippen LogP contribution in [0.3, 0.4) is 0 Å². The second kappa shape index (κ2) is 6.71.